The summed E-state index contributed by atoms with van der Waals surface area (Å²) in [4.78, 5) is 50.4. The highest BCUT2D eigenvalue weighted by atomic mass is 32.2. The Hall–Kier alpha value is -2.81. The van der Waals surface area contributed by atoms with Crippen molar-refractivity contribution in [2.75, 3.05) is 0 Å². The molecule has 0 bridgehead atoms. The summed E-state index contributed by atoms with van der Waals surface area (Å²) in [5, 5.41) is 12.9. The Labute approximate surface area is 172 Å². The number of rotatable bonds is 5. The first-order valence-electron chi connectivity index (χ1n) is 9.05. The number of β-lactam (4-membered cyclic amide) rings is 1. The summed E-state index contributed by atoms with van der Waals surface area (Å²) in [5.41, 5.74) is -0.245. The van der Waals surface area contributed by atoms with E-state index in [4.69, 9.17) is 4.74 Å². The molecule has 2 heterocycles. The van der Waals surface area contributed by atoms with E-state index in [1.165, 1.54) is 10.3 Å². The molecule has 2 amide bonds. The lowest BCUT2D eigenvalue weighted by atomic mass is 9.97. The Morgan fingerprint density at radius 2 is 1.86 bits per heavy atom. The van der Waals surface area contributed by atoms with Gasteiger partial charge < -0.3 is 20.1 Å². The van der Waals surface area contributed by atoms with Crippen LogP contribution in [0.1, 0.15) is 26.3 Å². The van der Waals surface area contributed by atoms with Crippen LogP contribution >= 0.6 is 11.8 Å². The Kier molecular flexibility index (Phi) is 5.70. The first-order valence-corrected chi connectivity index (χ1v) is 10.00. The highest BCUT2D eigenvalue weighted by Crippen LogP contribution is 2.40. The maximum absolute atomic E-state index is 12.7. The van der Waals surface area contributed by atoms with E-state index in [2.05, 4.69) is 5.32 Å². The van der Waals surface area contributed by atoms with Crippen LogP contribution < -0.4 is 5.32 Å². The summed E-state index contributed by atoms with van der Waals surface area (Å²) < 4.78 is 5.32. The van der Waals surface area contributed by atoms with Gasteiger partial charge in [0.2, 0.25) is 11.8 Å². The first-order chi connectivity index (χ1) is 13.6. The van der Waals surface area contributed by atoms with Crippen molar-refractivity contribution in [3.63, 3.8) is 0 Å². The van der Waals surface area contributed by atoms with Crippen LogP contribution in [-0.2, 0) is 30.3 Å². The van der Waals surface area contributed by atoms with Crippen molar-refractivity contribution in [3.8, 4) is 0 Å². The number of aliphatic carboxylic acids is 1. The molecule has 2 N–H and O–H groups in total. The average Bonchev–Trinajstić information content (AvgIpc) is 2.64. The molecule has 0 saturated carbocycles. The van der Waals surface area contributed by atoms with Gasteiger partial charge in [-0.15, -0.1) is 11.8 Å². The first kappa shape index (κ1) is 20.9. The van der Waals surface area contributed by atoms with Crippen LogP contribution in [0.25, 0.3) is 0 Å². The quantitative estimate of drug-likeness (QED) is 0.547. The summed E-state index contributed by atoms with van der Waals surface area (Å²) in [7, 11) is 0. The van der Waals surface area contributed by atoms with Crippen LogP contribution in [0, 0.1) is 0 Å². The molecule has 1 aromatic carbocycles. The average molecular weight is 418 g/mol. The van der Waals surface area contributed by atoms with Crippen molar-refractivity contribution in [1.29, 1.82) is 0 Å². The lowest BCUT2D eigenvalue weighted by Crippen LogP contribution is -2.74. The van der Waals surface area contributed by atoms with Crippen molar-refractivity contribution >= 4 is 35.5 Å². The minimum absolute atomic E-state index is 0.119. The normalized spacial score (nSPS) is 23.4. The molecule has 0 spiro atoms. The Morgan fingerprint density at radius 3 is 2.45 bits per heavy atom. The zero-order chi connectivity index (χ0) is 21.3. The van der Waals surface area contributed by atoms with E-state index < -0.39 is 40.9 Å². The highest BCUT2D eigenvalue weighted by molar-refractivity contribution is 8.03. The molecule has 2 aliphatic heterocycles. The van der Waals surface area contributed by atoms with E-state index >= 15 is 0 Å². The highest BCUT2D eigenvalue weighted by Gasteiger charge is 2.57. The van der Waals surface area contributed by atoms with Gasteiger partial charge in [-0.2, -0.15) is 0 Å². The van der Waals surface area contributed by atoms with E-state index in [0.717, 1.165) is 17.3 Å². The molecule has 0 radical (unpaired) electrons. The fourth-order valence-corrected chi connectivity index (χ4v) is 4.38. The molecule has 0 unspecified atom stereocenters. The molecule has 9 heteroatoms. The lowest BCUT2D eigenvalue weighted by Gasteiger charge is -2.51. The van der Waals surface area contributed by atoms with E-state index in [-0.39, 0.29) is 17.9 Å². The minimum atomic E-state index is -1.34. The fourth-order valence-electron chi connectivity index (χ4n) is 3.17. The lowest BCUT2D eigenvalue weighted by molar-refractivity contribution is -0.171. The van der Waals surface area contributed by atoms with Gasteiger partial charge in [-0.05, 0) is 31.7 Å². The molecule has 1 saturated heterocycles. The molecule has 29 heavy (non-hydrogen) atoms. The van der Waals surface area contributed by atoms with Gasteiger partial charge in [-0.1, -0.05) is 30.3 Å². The topological polar surface area (TPSA) is 113 Å². The van der Waals surface area contributed by atoms with Crippen LogP contribution in [0.5, 0.6) is 0 Å². The summed E-state index contributed by atoms with van der Waals surface area (Å²) in [6, 6.07) is 6.94. The number of ether oxygens (including phenoxy) is 1. The molecular weight excluding hydrogens is 396 g/mol. The van der Waals surface area contributed by atoms with Gasteiger partial charge >= 0.3 is 11.9 Å². The van der Waals surface area contributed by atoms with E-state index in [1.54, 1.807) is 20.8 Å². The van der Waals surface area contributed by atoms with Crippen LogP contribution in [0.15, 0.2) is 41.3 Å². The Bertz CT molecular complexity index is 877. The predicted octanol–water partition coefficient (Wildman–Crippen LogP) is 1.31. The number of fused-ring (bicyclic) bond motifs is 1. The van der Waals surface area contributed by atoms with E-state index in [0.29, 0.717) is 0 Å². The SMILES string of the molecule is CC(C)(C)OC(=O)[C@H]1C(C(=O)O)=CS[C@@H]2[C@H](NC(=O)Cc3ccccc3)C(=O)N12. The number of benzene rings is 1. The monoisotopic (exact) mass is 418 g/mol. The summed E-state index contributed by atoms with van der Waals surface area (Å²) in [6.45, 7) is 4.98. The third-order valence-corrected chi connectivity index (χ3v) is 5.56. The Morgan fingerprint density at radius 1 is 1.21 bits per heavy atom. The van der Waals surface area contributed by atoms with Gasteiger partial charge in [0.15, 0.2) is 6.04 Å². The van der Waals surface area contributed by atoms with Crippen molar-refractivity contribution in [2.45, 2.75) is 50.3 Å². The smallest absolute Gasteiger partial charge is 0.334 e. The third-order valence-electron chi connectivity index (χ3n) is 4.39. The van der Waals surface area contributed by atoms with E-state index in [1.807, 2.05) is 30.3 Å². The maximum Gasteiger partial charge on any atom is 0.334 e. The van der Waals surface area contributed by atoms with Crippen LogP contribution in [0.2, 0.25) is 0 Å². The zero-order valence-corrected chi connectivity index (χ0v) is 17.1. The molecule has 1 aromatic rings. The van der Waals surface area contributed by atoms with Crippen LogP contribution in [-0.4, -0.2) is 56.8 Å². The number of carboxylic acid groups (broad SMARTS) is 1. The fraction of sp³-hybridized carbons (Fsp3) is 0.400. The van der Waals surface area contributed by atoms with Gasteiger partial charge in [0.05, 0.1) is 12.0 Å². The van der Waals surface area contributed by atoms with Gasteiger partial charge in [0.1, 0.15) is 17.0 Å². The molecule has 3 rings (SSSR count). The summed E-state index contributed by atoms with van der Waals surface area (Å²) in [6.07, 6.45) is 0.119. The van der Waals surface area contributed by atoms with Crippen molar-refractivity contribution < 1.29 is 29.0 Å². The number of hydrogen-bond acceptors (Lipinski definition) is 6. The molecule has 3 atom stereocenters. The molecule has 8 nitrogen and oxygen atoms in total. The number of carbonyl (C=O) groups is 4. The molecular formula is C20H22N2O6S. The second-order valence-electron chi connectivity index (χ2n) is 7.79. The van der Waals surface area contributed by atoms with Gasteiger partial charge in [0, 0.05) is 0 Å². The number of hydrogen-bond donors (Lipinski definition) is 2. The number of amides is 2. The van der Waals surface area contributed by atoms with Gasteiger partial charge in [-0.3, -0.25) is 9.59 Å². The second-order valence-corrected chi connectivity index (χ2v) is 8.78. The molecule has 0 aliphatic carbocycles. The van der Waals surface area contributed by atoms with Crippen molar-refractivity contribution in [3.05, 3.63) is 46.9 Å². The predicted molar refractivity (Wildman–Crippen MR) is 106 cm³/mol. The molecule has 154 valence electrons. The number of carbonyl (C=O) groups excluding carboxylic acids is 3. The number of carboxylic acids is 1. The summed E-state index contributed by atoms with van der Waals surface area (Å²) >= 11 is 1.09. The molecule has 2 aliphatic rings. The maximum atomic E-state index is 12.7. The van der Waals surface area contributed by atoms with Gasteiger partial charge in [-0.25, -0.2) is 9.59 Å². The third kappa shape index (κ3) is 4.45. The number of thioether (sulfide) groups is 1. The number of nitrogens with zero attached hydrogens (tertiary/aromatic N) is 1. The number of esters is 1. The second kappa shape index (κ2) is 7.90. The standard InChI is InChI=1S/C20H22N2O6S/c1-20(2,3)28-19(27)15-12(18(25)26)10-29-17-14(16(24)22(15)17)21-13(23)9-11-7-5-4-6-8-11/h4-8,10,14-15,17H,9H2,1-3H3,(H,21,23)(H,25,26)/t14-,15-,17-/m1/s1. The largest absolute Gasteiger partial charge is 0.478 e. The van der Waals surface area contributed by atoms with Crippen molar-refractivity contribution in [2.24, 2.45) is 0 Å². The van der Waals surface area contributed by atoms with E-state index in [9.17, 15) is 24.3 Å². The van der Waals surface area contributed by atoms with Gasteiger partial charge in [0.25, 0.3) is 0 Å². The molecule has 1 fully saturated rings. The van der Waals surface area contributed by atoms with Crippen LogP contribution in [0.4, 0.5) is 0 Å². The zero-order valence-electron chi connectivity index (χ0n) is 16.2. The Balaban J connectivity index is 1.74. The van der Waals surface area contributed by atoms with Crippen molar-refractivity contribution in [1.82, 2.24) is 10.2 Å². The molecule has 0 aromatic heterocycles. The van der Waals surface area contributed by atoms with Crippen LogP contribution in [0.3, 0.4) is 0 Å². The summed E-state index contributed by atoms with van der Waals surface area (Å²) in [5.74, 6) is -2.93. The number of nitrogens with one attached hydrogen (secondary N) is 1. The minimum Gasteiger partial charge on any atom is -0.478 e.